The number of amides is 2. The van der Waals surface area contributed by atoms with Crippen LogP contribution in [-0.2, 0) is 14.3 Å². The number of rotatable bonds is 10. The van der Waals surface area contributed by atoms with Gasteiger partial charge in [-0.2, -0.15) is 8.78 Å². The second-order valence-electron chi connectivity index (χ2n) is 7.94. The van der Waals surface area contributed by atoms with Gasteiger partial charge in [-0.25, -0.2) is 4.79 Å². The van der Waals surface area contributed by atoms with Crippen LogP contribution in [0.5, 0.6) is 0 Å². The average Bonchev–Trinajstić information content (AvgIpc) is 3.10. The summed E-state index contributed by atoms with van der Waals surface area (Å²) in [4.78, 5) is 34.9. The van der Waals surface area contributed by atoms with Gasteiger partial charge in [0.25, 0.3) is 5.91 Å². The summed E-state index contributed by atoms with van der Waals surface area (Å²) in [5.74, 6) is -6.98. The first-order valence-corrected chi connectivity index (χ1v) is 10.7. The number of alkyl halides is 2. The summed E-state index contributed by atoms with van der Waals surface area (Å²) in [5, 5.41) is 12.8. The van der Waals surface area contributed by atoms with Gasteiger partial charge >= 0.3 is 18.0 Å². The molecule has 0 saturated carbocycles. The van der Waals surface area contributed by atoms with Crippen LogP contribution in [0.2, 0.25) is 0 Å². The molecule has 0 spiro atoms. The number of fused-ring (bicyclic) bond motifs is 3. The molecule has 2 amide bonds. The van der Waals surface area contributed by atoms with Gasteiger partial charge in [0, 0.05) is 12.0 Å². The van der Waals surface area contributed by atoms with Crippen molar-refractivity contribution in [1.82, 2.24) is 10.6 Å². The molecule has 0 bridgehead atoms. The molecule has 3 rings (SSSR count). The Bertz CT molecular complexity index is 982. The van der Waals surface area contributed by atoms with Gasteiger partial charge in [-0.3, -0.25) is 9.59 Å². The summed E-state index contributed by atoms with van der Waals surface area (Å²) in [7, 11) is 0. The molecule has 0 fully saturated rings. The van der Waals surface area contributed by atoms with Gasteiger partial charge in [-0.05, 0) is 28.7 Å². The molecule has 0 radical (unpaired) electrons. The van der Waals surface area contributed by atoms with Gasteiger partial charge in [-0.1, -0.05) is 61.9 Å². The molecule has 1 aliphatic rings. The molecule has 0 aliphatic heterocycles. The van der Waals surface area contributed by atoms with E-state index >= 15 is 0 Å². The van der Waals surface area contributed by atoms with Crippen molar-refractivity contribution in [3.05, 3.63) is 59.7 Å². The van der Waals surface area contributed by atoms with Crippen molar-refractivity contribution in [3.63, 3.8) is 0 Å². The van der Waals surface area contributed by atoms with Crippen LogP contribution in [0.1, 0.15) is 43.2 Å². The normalized spacial score (nSPS) is 13.5. The van der Waals surface area contributed by atoms with Gasteiger partial charge in [0.05, 0.1) is 13.0 Å². The standard InChI is InChI=1S/C24H26F2N2O5/c1-2-7-15(12-21(29)30)28-22(31)24(25,26)14-27-23(32)33-13-20-18-10-5-3-8-16(18)17-9-4-6-11-19(17)20/h3-6,8-11,15,20H,2,7,12-14H2,1H3,(H,27,32)(H,28,31)(H,29,30)/t15-/m0/s1. The zero-order valence-corrected chi connectivity index (χ0v) is 18.1. The fourth-order valence-corrected chi connectivity index (χ4v) is 3.99. The molecular formula is C24H26F2N2O5. The highest BCUT2D eigenvalue weighted by Crippen LogP contribution is 2.44. The van der Waals surface area contributed by atoms with Crippen LogP contribution >= 0.6 is 0 Å². The van der Waals surface area contributed by atoms with Crippen molar-refractivity contribution in [2.75, 3.05) is 13.2 Å². The first kappa shape index (κ1) is 24.2. The maximum atomic E-state index is 14.2. The van der Waals surface area contributed by atoms with E-state index in [9.17, 15) is 23.2 Å². The molecule has 2 aromatic rings. The number of carboxylic acids is 1. The minimum Gasteiger partial charge on any atom is -0.481 e. The molecule has 176 valence electrons. The van der Waals surface area contributed by atoms with E-state index in [4.69, 9.17) is 9.84 Å². The highest BCUT2D eigenvalue weighted by molar-refractivity contribution is 5.85. The number of alkyl carbamates (subject to hydrolysis) is 1. The Kier molecular flexibility index (Phi) is 7.63. The lowest BCUT2D eigenvalue weighted by Gasteiger charge is -2.21. The molecule has 0 saturated heterocycles. The number of hydrogen-bond donors (Lipinski definition) is 3. The summed E-state index contributed by atoms with van der Waals surface area (Å²) >= 11 is 0. The molecule has 0 heterocycles. The van der Waals surface area contributed by atoms with Crippen LogP contribution < -0.4 is 10.6 Å². The van der Waals surface area contributed by atoms with E-state index in [1.807, 2.05) is 53.8 Å². The second-order valence-corrected chi connectivity index (χ2v) is 7.94. The molecule has 33 heavy (non-hydrogen) atoms. The van der Waals surface area contributed by atoms with Gasteiger partial charge < -0.3 is 20.5 Å². The number of halogens is 2. The third-order valence-electron chi connectivity index (χ3n) is 5.52. The Labute approximate surface area is 190 Å². The third-order valence-corrected chi connectivity index (χ3v) is 5.52. The minimum atomic E-state index is -3.92. The molecule has 9 heteroatoms. The SMILES string of the molecule is CCC[C@@H](CC(=O)O)NC(=O)C(F)(F)CNC(=O)OCC1c2ccccc2-c2ccccc21. The summed E-state index contributed by atoms with van der Waals surface area (Å²) in [5.41, 5.74) is 4.04. The number of carbonyl (C=O) groups is 3. The maximum absolute atomic E-state index is 14.2. The Morgan fingerprint density at radius 2 is 1.64 bits per heavy atom. The van der Waals surface area contributed by atoms with E-state index in [0.29, 0.717) is 6.42 Å². The number of carbonyl (C=O) groups excluding carboxylic acids is 2. The van der Waals surface area contributed by atoms with Crippen LogP contribution in [0.4, 0.5) is 13.6 Å². The molecule has 0 aromatic heterocycles. The van der Waals surface area contributed by atoms with E-state index in [-0.39, 0.29) is 18.9 Å². The van der Waals surface area contributed by atoms with E-state index in [1.54, 1.807) is 6.92 Å². The molecule has 3 N–H and O–H groups in total. The lowest BCUT2D eigenvalue weighted by Crippen LogP contribution is -2.51. The van der Waals surface area contributed by atoms with E-state index in [2.05, 4.69) is 5.32 Å². The number of aliphatic carboxylic acids is 1. The smallest absolute Gasteiger partial charge is 0.407 e. The first-order chi connectivity index (χ1) is 15.7. The van der Waals surface area contributed by atoms with Crippen LogP contribution in [0, 0.1) is 0 Å². The van der Waals surface area contributed by atoms with Gasteiger partial charge in [0.1, 0.15) is 6.61 Å². The fourth-order valence-electron chi connectivity index (χ4n) is 3.99. The Hall–Kier alpha value is -3.49. The molecule has 0 unspecified atom stereocenters. The van der Waals surface area contributed by atoms with Crippen molar-refractivity contribution in [3.8, 4) is 11.1 Å². The lowest BCUT2D eigenvalue weighted by atomic mass is 9.98. The molecule has 1 atom stereocenters. The van der Waals surface area contributed by atoms with E-state index in [0.717, 1.165) is 22.3 Å². The number of benzene rings is 2. The molecular weight excluding hydrogens is 434 g/mol. The second kappa shape index (κ2) is 10.4. The van der Waals surface area contributed by atoms with Crippen molar-refractivity contribution in [1.29, 1.82) is 0 Å². The van der Waals surface area contributed by atoms with Crippen molar-refractivity contribution < 1.29 is 33.0 Å². The first-order valence-electron chi connectivity index (χ1n) is 10.7. The molecule has 7 nitrogen and oxygen atoms in total. The Morgan fingerprint density at radius 1 is 1.06 bits per heavy atom. The average molecular weight is 460 g/mol. The predicted molar refractivity (Wildman–Crippen MR) is 117 cm³/mol. The summed E-state index contributed by atoms with van der Waals surface area (Å²) in [6.45, 7) is 0.439. The third kappa shape index (κ3) is 5.85. The van der Waals surface area contributed by atoms with Crippen molar-refractivity contribution in [2.24, 2.45) is 0 Å². The van der Waals surface area contributed by atoms with Gasteiger partial charge in [0.15, 0.2) is 0 Å². The minimum absolute atomic E-state index is 0.0468. The maximum Gasteiger partial charge on any atom is 0.407 e. The highest BCUT2D eigenvalue weighted by Gasteiger charge is 2.40. The summed E-state index contributed by atoms with van der Waals surface area (Å²) in [6.07, 6.45) is -0.773. The van der Waals surface area contributed by atoms with Crippen LogP contribution in [0.15, 0.2) is 48.5 Å². The lowest BCUT2D eigenvalue weighted by molar-refractivity contribution is -0.146. The topological polar surface area (TPSA) is 105 Å². The van der Waals surface area contributed by atoms with Crippen LogP contribution in [0.25, 0.3) is 11.1 Å². The van der Waals surface area contributed by atoms with E-state index in [1.165, 1.54) is 0 Å². The van der Waals surface area contributed by atoms with Gasteiger partial charge in [0.2, 0.25) is 0 Å². The van der Waals surface area contributed by atoms with Crippen molar-refractivity contribution >= 4 is 18.0 Å². The Morgan fingerprint density at radius 3 is 2.18 bits per heavy atom. The number of ether oxygens (including phenoxy) is 1. The number of hydrogen-bond acceptors (Lipinski definition) is 4. The largest absolute Gasteiger partial charge is 0.481 e. The number of carboxylic acid groups (broad SMARTS) is 1. The fraction of sp³-hybridized carbons (Fsp3) is 0.375. The van der Waals surface area contributed by atoms with E-state index < -0.39 is 42.9 Å². The zero-order valence-electron chi connectivity index (χ0n) is 18.1. The molecule has 1 aliphatic carbocycles. The molecule has 2 aromatic carbocycles. The summed E-state index contributed by atoms with van der Waals surface area (Å²) < 4.78 is 33.6. The van der Waals surface area contributed by atoms with Gasteiger partial charge in [-0.15, -0.1) is 0 Å². The highest BCUT2D eigenvalue weighted by atomic mass is 19.3. The quantitative estimate of drug-likeness (QED) is 0.499. The predicted octanol–water partition coefficient (Wildman–Crippen LogP) is 3.92. The van der Waals surface area contributed by atoms with Crippen LogP contribution in [0.3, 0.4) is 0 Å². The Balaban J connectivity index is 1.55. The van der Waals surface area contributed by atoms with Crippen molar-refractivity contribution in [2.45, 2.75) is 44.1 Å². The number of nitrogens with one attached hydrogen (secondary N) is 2. The van der Waals surface area contributed by atoms with Crippen LogP contribution in [-0.4, -0.2) is 48.2 Å². The summed E-state index contributed by atoms with van der Waals surface area (Å²) in [6, 6.07) is 14.5. The zero-order chi connectivity index (χ0) is 24.0. The monoisotopic (exact) mass is 460 g/mol.